The molecule has 4 nitrogen and oxygen atoms in total. The van der Waals surface area contributed by atoms with Crippen LogP contribution in [0.4, 0.5) is 0 Å². The highest BCUT2D eigenvalue weighted by Crippen LogP contribution is 2.10. The molecular weight excluding hydrogens is 182 g/mol. The summed E-state index contributed by atoms with van der Waals surface area (Å²) in [6, 6.07) is 8.78. The molecule has 0 aliphatic carbocycles. The van der Waals surface area contributed by atoms with Crippen molar-refractivity contribution in [3.63, 3.8) is 0 Å². The third-order valence-corrected chi connectivity index (χ3v) is 1.59. The van der Waals surface area contributed by atoms with Crippen molar-refractivity contribution in [1.82, 2.24) is 4.98 Å². The molecule has 0 unspecified atom stereocenters. The molecule has 70 valence electrons. The Bertz CT molecular complexity index is 408. The minimum Gasteiger partial charge on any atom is -0.436 e. The molecule has 0 N–H and O–H groups in total. The van der Waals surface area contributed by atoms with Crippen molar-refractivity contribution in [3.05, 3.63) is 48.7 Å². The zero-order valence-electron chi connectivity index (χ0n) is 7.21. The van der Waals surface area contributed by atoms with Gasteiger partial charge in [0.25, 0.3) is 0 Å². The Morgan fingerprint density at radius 1 is 1.29 bits per heavy atom. The summed E-state index contributed by atoms with van der Waals surface area (Å²) >= 11 is 0. The lowest BCUT2D eigenvalue weighted by Gasteiger charge is -1.99. The van der Waals surface area contributed by atoms with Crippen LogP contribution in [0, 0.1) is 0 Å². The minimum absolute atomic E-state index is 0.0915. The first-order valence-corrected chi connectivity index (χ1v) is 4.02. The molecule has 2 aromatic rings. The largest absolute Gasteiger partial charge is 0.436 e. The maximum absolute atomic E-state index is 11.3. The first-order chi connectivity index (χ1) is 6.86. The van der Waals surface area contributed by atoms with Crippen LogP contribution in [0.25, 0.3) is 0 Å². The summed E-state index contributed by atoms with van der Waals surface area (Å²) < 4.78 is 9.77. The molecule has 0 saturated carbocycles. The van der Waals surface area contributed by atoms with Gasteiger partial charge in [-0.25, -0.2) is 9.78 Å². The smallest absolute Gasteiger partial charge is 0.381 e. The molecule has 0 saturated heterocycles. The van der Waals surface area contributed by atoms with Gasteiger partial charge in [0.05, 0.1) is 6.20 Å². The van der Waals surface area contributed by atoms with E-state index in [0.717, 1.165) is 0 Å². The molecule has 0 spiro atoms. The Balaban J connectivity index is 2.10. The van der Waals surface area contributed by atoms with Crippen LogP contribution in [-0.2, 0) is 0 Å². The second-order valence-electron chi connectivity index (χ2n) is 2.57. The first kappa shape index (κ1) is 8.50. The summed E-state index contributed by atoms with van der Waals surface area (Å²) in [6.07, 6.45) is 2.49. The standard InChI is InChI=1S/C10H7NO3/c12-10(9-6-11-7-13-9)14-8-4-2-1-3-5-8/h1-7H. The number of nitrogens with zero attached hydrogens (tertiary/aromatic N) is 1. The van der Waals surface area contributed by atoms with Crippen LogP contribution < -0.4 is 4.74 Å². The molecule has 0 fully saturated rings. The summed E-state index contributed by atoms with van der Waals surface area (Å²) in [4.78, 5) is 14.9. The van der Waals surface area contributed by atoms with Crippen LogP contribution >= 0.6 is 0 Å². The normalized spacial score (nSPS) is 9.71. The number of para-hydroxylation sites is 1. The zero-order chi connectivity index (χ0) is 9.80. The Morgan fingerprint density at radius 3 is 2.71 bits per heavy atom. The van der Waals surface area contributed by atoms with E-state index in [2.05, 4.69) is 4.98 Å². The fourth-order valence-corrected chi connectivity index (χ4v) is 0.962. The molecule has 0 amide bonds. The molecule has 1 aromatic heterocycles. The van der Waals surface area contributed by atoms with Crippen LogP contribution in [0.5, 0.6) is 5.75 Å². The maximum atomic E-state index is 11.3. The monoisotopic (exact) mass is 189 g/mol. The number of hydrogen-bond acceptors (Lipinski definition) is 4. The lowest BCUT2D eigenvalue weighted by Crippen LogP contribution is -2.06. The van der Waals surface area contributed by atoms with Gasteiger partial charge >= 0.3 is 5.97 Å². The van der Waals surface area contributed by atoms with Crippen molar-refractivity contribution in [2.45, 2.75) is 0 Å². The van der Waals surface area contributed by atoms with E-state index in [4.69, 9.17) is 9.15 Å². The molecular formula is C10H7NO3. The van der Waals surface area contributed by atoms with E-state index >= 15 is 0 Å². The number of benzene rings is 1. The van der Waals surface area contributed by atoms with E-state index in [-0.39, 0.29) is 5.76 Å². The van der Waals surface area contributed by atoms with Gasteiger partial charge in [-0.2, -0.15) is 0 Å². The second kappa shape index (κ2) is 3.74. The van der Waals surface area contributed by atoms with Gasteiger partial charge < -0.3 is 9.15 Å². The molecule has 4 heteroatoms. The van der Waals surface area contributed by atoms with Gasteiger partial charge in [0.15, 0.2) is 6.39 Å². The van der Waals surface area contributed by atoms with E-state index < -0.39 is 5.97 Å². The quantitative estimate of drug-likeness (QED) is 0.534. The van der Waals surface area contributed by atoms with E-state index in [1.165, 1.54) is 12.6 Å². The number of esters is 1. The SMILES string of the molecule is O=C(Oc1ccccc1)c1cnco1. The molecule has 1 heterocycles. The van der Waals surface area contributed by atoms with Crippen molar-refractivity contribution in [1.29, 1.82) is 0 Å². The van der Waals surface area contributed by atoms with E-state index in [9.17, 15) is 4.79 Å². The minimum atomic E-state index is -0.547. The molecule has 0 atom stereocenters. The molecule has 0 radical (unpaired) electrons. The molecule has 0 bridgehead atoms. The molecule has 14 heavy (non-hydrogen) atoms. The third-order valence-electron chi connectivity index (χ3n) is 1.59. The highest BCUT2D eigenvalue weighted by Gasteiger charge is 2.11. The first-order valence-electron chi connectivity index (χ1n) is 4.02. The van der Waals surface area contributed by atoms with Gasteiger partial charge in [-0.15, -0.1) is 0 Å². The van der Waals surface area contributed by atoms with Gasteiger partial charge in [-0.1, -0.05) is 18.2 Å². The van der Waals surface area contributed by atoms with Crippen LogP contribution in [-0.4, -0.2) is 11.0 Å². The van der Waals surface area contributed by atoms with Gasteiger partial charge in [-0.05, 0) is 12.1 Å². The predicted molar refractivity (Wildman–Crippen MR) is 47.9 cm³/mol. The lowest BCUT2D eigenvalue weighted by atomic mass is 10.3. The fourth-order valence-electron chi connectivity index (χ4n) is 0.962. The Hall–Kier alpha value is -2.10. The van der Waals surface area contributed by atoms with Crippen molar-refractivity contribution >= 4 is 5.97 Å². The molecule has 2 rings (SSSR count). The van der Waals surface area contributed by atoms with Crippen LogP contribution in [0.1, 0.15) is 10.6 Å². The molecule has 0 aliphatic rings. The van der Waals surface area contributed by atoms with Crippen LogP contribution in [0.3, 0.4) is 0 Å². The number of carbonyl (C=O) groups excluding carboxylic acids is 1. The average molecular weight is 189 g/mol. The summed E-state index contributed by atoms with van der Waals surface area (Å²) in [5.74, 6) is 0.0245. The van der Waals surface area contributed by atoms with Crippen molar-refractivity contribution in [2.75, 3.05) is 0 Å². The second-order valence-corrected chi connectivity index (χ2v) is 2.57. The van der Waals surface area contributed by atoms with Gasteiger partial charge in [0.1, 0.15) is 5.75 Å². The highest BCUT2D eigenvalue weighted by atomic mass is 16.5. The van der Waals surface area contributed by atoms with Gasteiger partial charge in [0.2, 0.25) is 5.76 Å². The number of aromatic nitrogens is 1. The summed E-state index contributed by atoms with van der Waals surface area (Å²) in [6.45, 7) is 0. The summed E-state index contributed by atoms with van der Waals surface area (Å²) in [7, 11) is 0. The Labute approximate surface area is 80.1 Å². The van der Waals surface area contributed by atoms with Crippen molar-refractivity contribution < 1.29 is 13.9 Å². The fraction of sp³-hybridized carbons (Fsp3) is 0. The van der Waals surface area contributed by atoms with Crippen molar-refractivity contribution in [3.8, 4) is 5.75 Å². The molecule has 1 aromatic carbocycles. The average Bonchev–Trinajstić information content (AvgIpc) is 2.72. The van der Waals surface area contributed by atoms with Gasteiger partial charge in [0, 0.05) is 0 Å². The summed E-state index contributed by atoms with van der Waals surface area (Å²) in [5.41, 5.74) is 0. The zero-order valence-corrected chi connectivity index (χ0v) is 7.21. The number of rotatable bonds is 2. The van der Waals surface area contributed by atoms with E-state index in [1.54, 1.807) is 24.3 Å². The number of ether oxygens (including phenoxy) is 1. The predicted octanol–water partition coefficient (Wildman–Crippen LogP) is 1.89. The number of hydrogen-bond donors (Lipinski definition) is 0. The number of carbonyl (C=O) groups is 1. The molecule has 0 aliphatic heterocycles. The Morgan fingerprint density at radius 2 is 2.07 bits per heavy atom. The summed E-state index contributed by atoms with van der Waals surface area (Å²) in [5, 5.41) is 0. The van der Waals surface area contributed by atoms with E-state index in [1.807, 2.05) is 6.07 Å². The van der Waals surface area contributed by atoms with E-state index in [0.29, 0.717) is 5.75 Å². The highest BCUT2D eigenvalue weighted by molar-refractivity contribution is 5.87. The van der Waals surface area contributed by atoms with Gasteiger partial charge in [-0.3, -0.25) is 0 Å². The van der Waals surface area contributed by atoms with Crippen LogP contribution in [0.2, 0.25) is 0 Å². The third kappa shape index (κ3) is 1.80. The van der Waals surface area contributed by atoms with Crippen LogP contribution in [0.15, 0.2) is 47.3 Å². The van der Waals surface area contributed by atoms with Crippen molar-refractivity contribution in [2.24, 2.45) is 0 Å². The number of oxazole rings is 1. The lowest BCUT2D eigenvalue weighted by molar-refractivity contribution is 0.0701. The Kier molecular flexibility index (Phi) is 2.27. The maximum Gasteiger partial charge on any atom is 0.381 e. The topological polar surface area (TPSA) is 52.3 Å².